The summed E-state index contributed by atoms with van der Waals surface area (Å²) >= 11 is 0. The molecule has 0 spiro atoms. The average molecular weight is 377 g/mol. The smallest absolute Gasteiger partial charge is 0.323 e. The zero-order chi connectivity index (χ0) is 19.8. The van der Waals surface area contributed by atoms with E-state index in [4.69, 9.17) is 14.5 Å². The molecule has 144 valence electrons. The van der Waals surface area contributed by atoms with Crippen molar-refractivity contribution in [2.45, 2.75) is 31.7 Å². The number of ketones is 1. The summed E-state index contributed by atoms with van der Waals surface area (Å²) in [7, 11) is 0. The minimum absolute atomic E-state index is 0.0258. The molecule has 0 unspecified atom stereocenters. The quantitative estimate of drug-likeness (QED) is 0.589. The number of carbonyl (C=O) groups is 2. The second kappa shape index (κ2) is 6.89. The summed E-state index contributed by atoms with van der Waals surface area (Å²) in [6.45, 7) is 4.07. The molecule has 2 aromatic rings. The molecule has 5 heteroatoms. The summed E-state index contributed by atoms with van der Waals surface area (Å²) in [5.41, 5.74) is -0.564. The molecular formula is C23H23NO4. The van der Waals surface area contributed by atoms with Crippen LogP contribution in [0.4, 0.5) is 0 Å². The van der Waals surface area contributed by atoms with Crippen molar-refractivity contribution in [3.8, 4) is 0 Å². The van der Waals surface area contributed by atoms with Crippen LogP contribution in [0.25, 0.3) is 0 Å². The second-order valence-corrected chi connectivity index (χ2v) is 7.10. The van der Waals surface area contributed by atoms with Gasteiger partial charge in [0.1, 0.15) is 5.54 Å². The van der Waals surface area contributed by atoms with Gasteiger partial charge < -0.3 is 9.47 Å². The molecule has 0 saturated heterocycles. The summed E-state index contributed by atoms with van der Waals surface area (Å²) < 4.78 is 11.0. The highest BCUT2D eigenvalue weighted by molar-refractivity contribution is 6.45. The Kier molecular flexibility index (Phi) is 4.53. The summed E-state index contributed by atoms with van der Waals surface area (Å²) in [5, 5.41) is 0. The van der Waals surface area contributed by atoms with E-state index in [-0.39, 0.29) is 24.2 Å². The summed E-state index contributed by atoms with van der Waals surface area (Å²) in [6, 6.07) is 19.5. The molecule has 5 nitrogen and oxygen atoms in total. The Morgan fingerprint density at radius 3 is 2.29 bits per heavy atom. The Bertz CT molecular complexity index is 924. The molecular weight excluding hydrogens is 354 g/mol. The summed E-state index contributed by atoms with van der Waals surface area (Å²) in [5.74, 6) is -0.987. The molecule has 3 atom stereocenters. The van der Waals surface area contributed by atoms with Crippen LogP contribution in [0.5, 0.6) is 0 Å². The van der Waals surface area contributed by atoms with Gasteiger partial charge in [-0.25, -0.2) is 4.99 Å². The fourth-order valence-electron chi connectivity index (χ4n) is 4.68. The minimum Gasteiger partial charge on any atom is -0.476 e. The van der Waals surface area contributed by atoms with Gasteiger partial charge in [0, 0.05) is 5.92 Å². The molecule has 1 aliphatic heterocycles. The number of hydrogen-bond acceptors (Lipinski definition) is 5. The molecule has 0 N–H and O–H groups in total. The van der Waals surface area contributed by atoms with Crippen molar-refractivity contribution in [3.63, 3.8) is 0 Å². The van der Waals surface area contributed by atoms with Crippen LogP contribution >= 0.6 is 0 Å². The maximum atomic E-state index is 13.4. The van der Waals surface area contributed by atoms with Crippen molar-refractivity contribution in [2.24, 2.45) is 10.4 Å². The topological polar surface area (TPSA) is 65.0 Å². The van der Waals surface area contributed by atoms with E-state index in [0.717, 1.165) is 11.1 Å². The third-order valence-electron chi connectivity index (χ3n) is 5.85. The van der Waals surface area contributed by atoms with E-state index >= 15 is 0 Å². The number of carbonyl (C=O) groups excluding carboxylic acids is 2. The average Bonchev–Trinajstić information content (AvgIpc) is 2.89. The number of fused-ring (bicyclic) bond motifs is 1. The number of benzene rings is 2. The predicted molar refractivity (Wildman–Crippen MR) is 105 cm³/mol. The van der Waals surface area contributed by atoms with Crippen molar-refractivity contribution in [1.82, 2.24) is 0 Å². The van der Waals surface area contributed by atoms with E-state index in [2.05, 4.69) is 0 Å². The maximum absolute atomic E-state index is 13.4. The van der Waals surface area contributed by atoms with Gasteiger partial charge in [-0.1, -0.05) is 60.7 Å². The van der Waals surface area contributed by atoms with Gasteiger partial charge in [-0.2, -0.15) is 0 Å². The fraction of sp³-hybridized carbons (Fsp3) is 0.348. The third-order valence-corrected chi connectivity index (χ3v) is 5.85. The van der Waals surface area contributed by atoms with E-state index in [9.17, 15) is 9.59 Å². The van der Waals surface area contributed by atoms with Crippen molar-refractivity contribution in [3.05, 3.63) is 71.8 Å². The number of aliphatic imine (C=N–C) groups is 1. The number of hydrogen-bond donors (Lipinski definition) is 0. The van der Waals surface area contributed by atoms with Gasteiger partial charge in [-0.3, -0.25) is 9.59 Å². The van der Waals surface area contributed by atoms with Gasteiger partial charge in [-0.15, -0.1) is 0 Å². The Labute approximate surface area is 164 Å². The third kappa shape index (κ3) is 2.28. The summed E-state index contributed by atoms with van der Waals surface area (Å²) in [6.07, 6.45) is 0.351. The lowest BCUT2D eigenvalue weighted by Crippen LogP contribution is -2.64. The van der Waals surface area contributed by atoms with Crippen LogP contribution in [-0.4, -0.2) is 30.9 Å². The SMILES string of the molecule is CCOC(=O)[C@]12C[C@H](c3ccccc3)[C@@]1(c1ccccc1)N=C(OCC)C2=O. The second-order valence-electron chi connectivity index (χ2n) is 7.10. The number of nitrogens with zero attached hydrogens (tertiary/aromatic N) is 1. The Morgan fingerprint density at radius 2 is 1.68 bits per heavy atom. The lowest BCUT2D eigenvalue weighted by Gasteiger charge is -2.56. The fourth-order valence-corrected chi connectivity index (χ4v) is 4.68. The zero-order valence-corrected chi connectivity index (χ0v) is 16.1. The standard InChI is InChI=1S/C23H23NO4/c1-3-27-20-19(25)22(21(26)28-4-2)15-18(16-11-7-5-8-12-16)23(22,24-20)17-13-9-6-10-14-17/h5-14,18H,3-4,15H2,1-2H3/t18-,22-,23-/m1/s1. The van der Waals surface area contributed by atoms with Crippen LogP contribution in [0.15, 0.2) is 65.7 Å². The van der Waals surface area contributed by atoms with Crippen LogP contribution in [0.2, 0.25) is 0 Å². The lowest BCUT2D eigenvalue weighted by atomic mass is 9.45. The Balaban J connectivity index is 1.95. The molecule has 1 fully saturated rings. The van der Waals surface area contributed by atoms with Crippen LogP contribution < -0.4 is 0 Å². The number of rotatable bonds is 5. The van der Waals surface area contributed by atoms with Gasteiger partial charge in [-0.05, 0) is 31.4 Å². The first-order valence-electron chi connectivity index (χ1n) is 9.67. The number of Topliss-reactive ketones (excluding diaryl/α,β-unsaturated/α-hetero) is 1. The van der Waals surface area contributed by atoms with E-state index in [1.807, 2.05) is 60.7 Å². The van der Waals surface area contributed by atoms with Gasteiger partial charge in [0.25, 0.3) is 5.90 Å². The van der Waals surface area contributed by atoms with Crippen molar-refractivity contribution in [2.75, 3.05) is 13.2 Å². The lowest BCUT2D eigenvalue weighted by molar-refractivity contribution is -0.174. The molecule has 1 heterocycles. The van der Waals surface area contributed by atoms with Crippen LogP contribution in [0.3, 0.4) is 0 Å². The van der Waals surface area contributed by atoms with Gasteiger partial charge in [0.05, 0.1) is 13.2 Å². The summed E-state index contributed by atoms with van der Waals surface area (Å²) in [4.78, 5) is 31.4. The molecule has 1 saturated carbocycles. The van der Waals surface area contributed by atoms with Crippen LogP contribution in [0.1, 0.15) is 37.3 Å². The van der Waals surface area contributed by atoms with Crippen LogP contribution in [-0.2, 0) is 24.6 Å². The molecule has 4 rings (SSSR count). The molecule has 0 amide bonds. The van der Waals surface area contributed by atoms with Crippen molar-refractivity contribution >= 4 is 17.7 Å². The number of esters is 1. The molecule has 0 aromatic heterocycles. The highest BCUT2D eigenvalue weighted by atomic mass is 16.5. The molecule has 1 aliphatic carbocycles. The molecule has 2 aliphatic rings. The van der Waals surface area contributed by atoms with Crippen LogP contribution in [0, 0.1) is 5.41 Å². The van der Waals surface area contributed by atoms with E-state index in [1.54, 1.807) is 13.8 Å². The first-order valence-corrected chi connectivity index (χ1v) is 9.67. The van der Waals surface area contributed by atoms with Crippen molar-refractivity contribution in [1.29, 1.82) is 0 Å². The van der Waals surface area contributed by atoms with Gasteiger partial charge in [0.15, 0.2) is 5.41 Å². The first kappa shape index (κ1) is 18.4. The minimum atomic E-state index is -1.38. The normalized spacial score (nSPS) is 28.1. The van der Waals surface area contributed by atoms with Crippen molar-refractivity contribution < 1.29 is 19.1 Å². The molecule has 0 bridgehead atoms. The predicted octanol–water partition coefficient (Wildman–Crippen LogP) is 3.64. The highest BCUT2D eigenvalue weighted by Gasteiger charge is 2.79. The largest absolute Gasteiger partial charge is 0.476 e. The first-order chi connectivity index (χ1) is 13.6. The maximum Gasteiger partial charge on any atom is 0.323 e. The van der Waals surface area contributed by atoms with E-state index < -0.39 is 16.9 Å². The molecule has 0 radical (unpaired) electrons. The number of ether oxygens (including phenoxy) is 2. The van der Waals surface area contributed by atoms with E-state index in [0.29, 0.717) is 13.0 Å². The highest BCUT2D eigenvalue weighted by Crippen LogP contribution is 2.70. The Hall–Kier alpha value is -2.95. The van der Waals surface area contributed by atoms with E-state index in [1.165, 1.54) is 0 Å². The zero-order valence-electron chi connectivity index (χ0n) is 16.1. The van der Waals surface area contributed by atoms with Gasteiger partial charge >= 0.3 is 5.97 Å². The Morgan fingerprint density at radius 1 is 1.04 bits per heavy atom. The monoisotopic (exact) mass is 377 g/mol. The molecule has 28 heavy (non-hydrogen) atoms. The van der Waals surface area contributed by atoms with Gasteiger partial charge in [0.2, 0.25) is 5.78 Å². The molecule has 2 aromatic carbocycles.